The third-order valence-corrected chi connectivity index (χ3v) is 11.6. The molecule has 3 N–H and O–H groups in total. The first-order valence-electron chi connectivity index (χ1n) is 19.3. The van der Waals surface area contributed by atoms with E-state index in [1.54, 1.807) is 31.4 Å². The van der Waals surface area contributed by atoms with Crippen LogP contribution in [0.1, 0.15) is 110 Å². The first kappa shape index (κ1) is 38.2. The second kappa shape index (κ2) is 15.6. The van der Waals surface area contributed by atoms with E-state index in [1.807, 2.05) is 30.3 Å². The van der Waals surface area contributed by atoms with Crippen LogP contribution in [0.15, 0.2) is 47.3 Å². The van der Waals surface area contributed by atoms with Crippen molar-refractivity contribution < 1.29 is 33.4 Å². The number of aromatic nitrogens is 2. The van der Waals surface area contributed by atoms with Crippen molar-refractivity contribution in [2.24, 2.45) is 0 Å². The van der Waals surface area contributed by atoms with Gasteiger partial charge in [-0.05, 0) is 73.8 Å². The summed E-state index contributed by atoms with van der Waals surface area (Å²) in [4.78, 5) is 69.4. The van der Waals surface area contributed by atoms with Gasteiger partial charge in [-0.15, -0.1) is 0 Å². The van der Waals surface area contributed by atoms with E-state index in [0.717, 1.165) is 27.6 Å². The minimum absolute atomic E-state index is 0.0112. The van der Waals surface area contributed by atoms with Crippen LogP contribution >= 0.6 is 0 Å². The summed E-state index contributed by atoms with van der Waals surface area (Å²) in [5, 5.41) is 18.7. The predicted molar refractivity (Wildman–Crippen MR) is 204 cm³/mol. The van der Waals surface area contributed by atoms with E-state index < -0.39 is 11.6 Å². The Hall–Kier alpha value is -5.07. The molecular formula is C43H47FN4O7. The molecule has 0 fully saturated rings. The molecule has 11 nitrogen and oxygen atoms in total. The van der Waals surface area contributed by atoms with Crippen LogP contribution < -0.4 is 16.2 Å². The number of carbonyl (C=O) groups is 4. The molecule has 55 heavy (non-hydrogen) atoms. The maximum absolute atomic E-state index is 15.3. The second-order valence-corrected chi connectivity index (χ2v) is 15.1. The number of aryl methyl sites for hydroxylation is 1. The highest BCUT2D eigenvalue weighted by atomic mass is 19.1. The van der Waals surface area contributed by atoms with Gasteiger partial charge in [-0.25, -0.2) is 14.2 Å². The van der Waals surface area contributed by atoms with E-state index >= 15 is 4.39 Å². The van der Waals surface area contributed by atoms with Crippen molar-refractivity contribution in [3.63, 3.8) is 0 Å². The predicted octanol–water partition coefficient (Wildman–Crippen LogP) is 5.33. The van der Waals surface area contributed by atoms with Crippen molar-refractivity contribution in [1.29, 1.82) is 0 Å². The van der Waals surface area contributed by atoms with Gasteiger partial charge in [-0.1, -0.05) is 44.2 Å². The Bertz CT molecular complexity index is 2270. The van der Waals surface area contributed by atoms with Crippen LogP contribution in [0.4, 0.5) is 4.39 Å². The number of amides is 1. The molecule has 1 amide bonds. The number of esters is 1. The molecule has 4 heterocycles. The normalized spacial score (nSPS) is 18.6. The van der Waals surface area contributed by atoms with Crippen molar-refractivity contribution in [3.05, 3.63) is 97.6 Å². The minimum Gasteiger partial charge on any atom is -0.458 e. The lowest BCUT2D eigenvalue weighted by molar-refractivity contribution is -0.172. The Morgan fingerprint density at radius 3 is 2.58 bits per heavy atom. The number of ether oxygens (including phenoxy) is 1. The van der Waals surface area contributed by atoms with Gasteiger partial charge in [0.25, 0.3) is 5.56 Å². The lowest BCUT2D eigenvalue weighted by Gasteiger charge is -2.31. The molecule has 2 aliphatic heterocycles. The fourth-order valence-corrected chi connectivity index (χ4v) is 8.48. The number of fused-ring (bicyclic) bond motifs is 5. The van der Waals surface area contributed by atoms with Crippen molar-refractivity contribution in [2.45, 2.75) is 116 Å². The highest BCUT2D eigenvalue weighted by Crippen LogP contribution is 2.46. The minimum atomic E-state index is -1.97. The largest absolute Gasteiger partial charge is 0.458 e. The molecule has 0 saturated heterocycles. The van der Waals surface area contributed by atoms with E-state index in [2.05, 4.69) is 10.6 Å². The highest BCUT2D eigenvalue weighted by Gasteiger charge is 2.46. The van der Waals surface area contributed by atoms with Crippen molar-refractivity contribution in [1.82, 2.24) is 20.2 Å². The number of Topliss-reactive ketones (excluding diaryl/α,β-unsaturated/α-hetero) is 2. The Labute approximate surface area is 318 Å². The molecule has 0 unspecified atom stereocenters. The molecule has 0 saturated carbocycles. The van der Waals surface area contributed by atoms with Gasteiger partial charge in [-0.2, -0.15) is 0 Å². The van der Waals surface area contributed by atoms with E-state index in [9.17, 15) is 29.1 Å². The summed E-state index contributed by atoms with van der Waals surface area (Å²) in [6, 6.07) is 12.4. The number of ketones is 2. The maximum atomic E-state index is 15.3. The lowest BCUT2D eigenvalue weighted by atomic mass is 9.81. The monoisotopic (exact) mass is 750 g/mol. The number of benzene rings is 2. The molecule has 4 aromatic rings. The molecule has 3 atom stereocenters. The molecule has 12 heteroatoms. The number of hydrogen-bond acceptors (Lipinski definition) is 9. The fourth-order valence-electron chi connectivity index (χ4n) is 8.48. The summed E-state index contributed by atoms with van der Waals surface area (Å²) in [6.45, 7) is 5.23. The van der Waals surface area contributed by atoms with Gasteiger partial charge in [0, 0.05) is 60.3 Å². The molecule has 1 aliphatic carbocycles. The smallest absolute Gasteiger partial charge is 0.343 e. The molecule has 0 spiro atoms. The van der Waals surface area contributed by atoms with Crippen LogP contribution in [-0.2, 0) is 55.5 Å². The summed E-state index contributed by atoms with van der Waals surface area (Å²) in [5.41, 5.74) is 3.59. The maximum Gasteiger partial charge on any atom is 0.343 e. The number of cyclic esters (lactones) is 1. The summed E-state index contributed by atoms with van der Waals surface area (Å²) >= 11 is 0. The van der Waals surface area contributed by atoms with Gasteiger partial charge in [-0.3, -0.25) is 19.2 Å². The van der Waals surface area contributed by atoms with Crippen LogP contribution in [0.5, 0.6) is 0 Å². The first-order valence-corrected chi connectivity index (χ1v) is 19.3. The molecule has 3 aliphatic rings. The van der Waals surface area contributed by atoms with E-state index in [-0.39, 0.29) is 91.0 Å². The number of halogens is 1. The third kappa shape index (κ3) is 7.25. The summed E-state index contributed by atoms with van der Waals surface area (Å²) in [7, 11) is 0. The first-order chi connectivity index (χ1) is 26.4. The van der Waals surface area contributed by atoms with E-state index in [4.69, 9.17) is 9.72 Å². The molecule has 7 rings (SSSR count). The average molecular weight is 751 g/mol. The Balaban J connectivity index is 1.11. The van der Waals surface area contributed by atoms with Crippen LogP contribution in [-0.4, -0.2) is 50.7 Å². The standard InChI is InChI=1S/C43H47FN4O7/c1-4-27(49)14-17-37(51)46-26(18-25-10-7-6-8-11-25)12-9-13-28(50)21-45-34-16-15-29-24(3)33(44)20-35-38(29)39(34)30-22-48-36(40(30)47-35)19-32-31(41(48)52)23-55-42(53)43(32,54)5-2/h6-8,10-11,19-20,26,34,45,54H,4-5,9,12-18,21-23H2,1-3H3,(H,46,51)/t26-,34+,43+/m1/s1. The van der Waals surface area contributed by atoms with Gasteiger partial charge >= 0.3 is 5.97 Å². The van der Waals surface area contributed by atoms with Gasteiger partial charge < -0.3 is 25.0 Å². The zero-order valence-electron chi connectivity index (χ0n) is 31.6. The number of aliphatic hydroxyl groups is 1. The van der Waals surface area contributed by atoms with E-state index in [0.29, 0.717) is 67.4 Å². The number of hydrogen-bond donors (Lipinski definition) is 3. The quantitative estimate of drug-likeness (QED) is 0.120. The average Bonchev–Trinajstić information content (AvgIpc) is 3.55. The molecule has 0 bridgehead atoms. The lowest BCUT2D eigenvalue weighted by Crippen LogP contribution is -2.44. The van der Waals surface area contributed by atoms with Crippen molar-refractivity contribution in [2.75, 3.05) is 6.54 Å². The molecule has 2 aromatic carbocycles. The molecular weight excluding hydrogens is 703 g/mol. The molecule has 2 aromatic heterocycles. The summed E-state index contributed by atoms with van der Waals surface area (Å²) < 4.78 is 22.1. The number of nitrogens with one attached hydrogen (secondary N) is 2. The van der Waals surface area contributed by atoms with Crippen LogP contribution in [0.3, 0.4) is 0 Å². The number of pyridine rings is 2. The second-order valence-electron chi connectivity index (χ2n) is 15.1. The summed E-state index contributed by atoms with van der Waals surface area (Å²) in [5.74, 6) is -1.30. The third-order valence-electron chi connectivity index (χ3n) is 11.6. The van der Waals surface area contributed by atoms with Crippen LogP contribution in [0, 0.1) is 12.7 Å². The van der Waals surface area contributed by atoms with Gasteiger partial charge in [0.05, 0.1) is 35.6 Å². The van der Waals surface area contributed by atoms with Gasteiger partial charge in [0.2, 0.25) is 5.91 Å². The van der Waals surface area contributed by atoms with E-state index in [1.165, 1.54) is 6.07 Å². The highest BCUT2D eigenvalue weighted by molar-refractivity contribution is 5.93. The van der Waals surface area contributed by atoms with Crippen molar-refractivity contribution >= 4 is 34.3 Å². The number of nitrogens with zero attached hydrogens (tertiary/aromatic N) is 2. The number of rotatable bonds is 15. The Kier molecular flexibility index (Phi) is 10.8. The summed E-state index contributed by atoms with van der Waals surface area (Å²) in [6.07, 6.45) is 4.00. The molecule has 0 radical (unpaired) electrons. The topological polar surface area (TPSA) is 157 Å². The fraction of sp³-hybridized carbons (Fsp3) is 0.442. The zero-order chi connectivity index (χ0) is 39.0. The van der Waals surface area contributed by atoms with Crippen LogP contribution in [0.25, 0.3) is 22.3 Å². The molecule has 288 valence electrons. The Morgan fingerprint density at radius 2 is 1.84 bits per heavy atom. The SMILES string of the molecule is CCC(=O)CCC(=O)N[C@H](CCCC(=O)CN[C@H]1CCc2c(C)c(F)cc3nc4c(c1c23)Cn1c-4cc2c(c1=O)COC(=O)[C@]2(O)CC)Cc1ccccc1. The number of carbonyl (C=O) groups excluding carboxylic acids is 4. The zero-order valence-corrected chi connectivity index (χ0v) is 31.6. The van der Waals surface area contributed by atoms with Gasteiger partial charge in [0.15, 0.2) is 5.60 Å². The van der Waals surface area contributed by atoms with Crippen molar-refractivity contribution in [3.8, 4) is 11.4 Å². The van der Waals surface area contributed by atoms with Crippen LogP contribution in [0.2, 0.25) is 0 Å². The Morgan fingerprint density at radius 1 is 1.05 bits per heavy atom. The van der Waals surface area contributed by atoms with Gasteiger partial charge in [0.1, 0.15) is 24.0 Å².